The summed E-state index contributed by atoms with van der Waals surface area (Å²) in [5, 5.41) is 13.1. The van der Waals surface area contributed by atoms with Gasteiger partial charge in [-0.05, 0) is 39.6 Å². The zero-order valence-electron chi connectivity index (χ0n) is 32.2. The average Bonchev–Trinajstić information content (AvgIpc) is 3.86. The van der Waals surface area contributed by atoms with Gasteiger partial charge < -0.3 is 19.3 Å². The van der Waals surface area contributed by atoms with Gasteiger partial charge in [-0.2, -0.15) is 14.4 Å². The summed E-state index contributed by atoms with van der Waals surface area (Å²) in [5.74, 6) is 0. The Morgan fingerprint density at radius 1 is 0.627 bits per heavy atom. The first-order chi connectivity index (χ1) is 29.0. The second-order valence-electron chi connectivity index (χ2n) is 14.3. The Morgan fingerprint density at radius 2 is 1.03 bits per heavy atom. The second-order valence-corrected chi connectivity index (χ2v) is 15.1. The van der Waals surface area contributed by atoms with Crippen LogP contribution in [0.4, 0.5) is 4.39 Å². The van der Waals surface area contributed by atoms with E-state index in [0.29, 0.717) is 10.5 Å². The molecule has 0 aliphatic carbocycles. The van der Waals surface area contributed by atoms with Crippen LogP contribution >= 0.6 is 11.8 Å². The molecule has 4 atom stereocenters. The Balaban J connectivity index is 1.22. The Kier molecular flexibility index (Phi) is 10.9. The number of hydrogen-bond donors (Lipinski definition) is 1. The van der Waals surface area contributed by atoms with E-state index < -0.39 is 41.8 Å². The van der Waals surface area contributed by atoms with Crippen molar-refractivity contribution in [2.24, 2.45) is 0 Å². The lowest BCUT2D eigenvalue weighted by Gasteiger charge is -2.41. The number of imidazole rings is 1. The molecule has 0 unspecified atom stereocenters. The van der Waals surface area contributed by atoms with Gasteiger partial charge in [0.15, 0.2) is 11.9 Å². The molecule has 8 aromatic rings. The summed E-state index contributed by atoms with van der Waals surface area (Å²) in [6.07, 6.45) is -1.91. The molecule has 8 nitrogen and oxygen atoms in total. The van der Waals surface area contributed by atoms with E-state index in [0.717, 1.165) is 33.4 Å². The smallest absolute Gasteiger partial charge is 0.311 e. The maximum atomic E-state index is 15.0. The van der Waals surface area contributed by atoms with Crippen molar-refractivity contribution in [1.29, 1.82) is 0 Å². The van der Waals surface area contributed by atoms with Crippen LogP contribution in [0.25, 0.3) is 11.2 Å². The Morgan fingerprint density at radius 3 is 1.44 bits per heavy atom. The quantitative estimate of drug-likeness (QED) is 0.0534. The van der Waals surface area contributed by atoms with E-state index in [1.807, 2.05) is 146 Å². The first-order valence-electron chi connectivity index (χ1n) is 19.5. The van der Waals surface area contributed by atoms with Gasteiger partial charge in [0.2, 0.25) is 0 Å². The summed E-state index contributed by atoms with van der Waals surface area (Å²) >= 11 is 1.26. The predicted octanol–water partition coefficient (Wildman–Crippen LogP) is 9.33. The zero-order chi connectivity index (χ0) is 40.2. The van der Waals surface area contributed by atoms with Crippen LogP contribution in [0.3, 0.4) is 0 Å². The largest absolute Gasteiger partial charge is 0.386 e. The minimum Gasteiger partial charge on any atom is -0.386 e. The molecule has 9 rings (SSSR count). The predicted molar refractivity (Wildman–Crippen MR) is 226 cm³/mol. The molecule has 59 heavy (non-hydrogen) atoms. The fourth-order valence-corrected chi connectivity index (χ4v) is 8.83. The third kappa shape index (κ3) is 7.03. The van der Waals surface area contributed by atoms with Crippen LogP contribution in [-0.4, -0.2) is 55.8 Å². The summed E-state index contributed by atoms with van der Waals surface area (Å²) in [5.41, 5.74) is 3.57. The second kappa shape index (κ2) is 16.7. The molecule has 1 fully saturated rings. The van der Waals surface area contributed by atoms with Gasteiger partial charge in [-0.1, -0.05) is 182 Å². The van der Waals surface area contributed by atoms with Gasteiger partial charge in [0.25, 0.3) is 0 Å². The van der Waals surface area contributed by atoms with Crippen LogP contribution in [0.5, 0.6) is 0 Å². The Bertz CT molecular complexity index is 2410. The third-order valence-electron chi connectivity index (χ3n) is 11.0. The van der Waals surface area contributed by atoms with E-state index in [4.69, 9.17) is 14.2 Å². The van der Waals surface area contributed by atoms with Crippen molar-refractivity contribution in [3.63, 3.8) is 0 Å². The number of thioether (sulfide) groups is 1. The highest BCUT2D eigenvalue weighted by Gasteiger charge is 2.52. The molecule has 3 heterocycles. The van der Waals surface area contributed by atoms with Crippen LogP contribution < -0.4 is 0 Å². The lowest BCUT2D eigenvalue weighted by Crippen LogP contribution is -2.46. The maximum absolute atomic E-state index is 15.0. The SMILES string of the molecule is CSc1nc(F)nc2c1ncn2[C@@H]1O[C@H](COC(c2ccccc2)(c2ccccc2)c2ccccc2)[C@@H](OC(c2ccccc2)(c2ccccc2)c2ccccc2)[C@H]1O. The monoisotopic (exact) mass is 800 g/mol. The molecular formula is C49H41FN4O4S. The van der Waals surface area contributed by atoms with E-state index in [1.54, 1.807) is 10.8 Å². The van der Waals surface area contributed by atoms with Gasteiger partial charge in [0.05, 0.1) is 12.9 Å². The lowest BCUT2D eigenvalue weighted by molar-refractivity contribution is -0.131. The number of fused-ring (bicyclic) bond motifs is 1. The van der Waals surface area contributed by atoms with Gasteiger partial charge in [-0.15, -0.1) is 11.8 Å². The number of nitrogens with zero attached hydrogens (tertiary/aromatic N) is 4. The van der Waals surface area contributed by atoms with Crippen molar-refractivity contribution in [3.05, 3.63) is 228 Å². The lowest BCUT2D eigenvalue weighted by atomic mass is 9.79. The van der Waals surface area contributed by atoms with Crippen molar-refractivity contribution in [1.82, 2.24) is 19.5 Å². The van der Waals surface area contributed by atoms with Crippen molar-refractivity contribution in [3.8, 4) is 0 Å². The molecule has 0 bridgehead atoms. The van der Waals surface area contributed by atoms with E-state index >= 15 is 0 Å². The summed E-state index contributed by atoms with van der Waals surface area (Å²) in [6.45, 7) is -0.0304. The van der Waals surface area contributed by atoms with Crippen LogP contribution in [0.1, 0.15) is 39.6 Å². The van der Waals surface area contributed by atoms with Gasteiger partial charge in [-0.25, -0.2) is 4.98 Å². The van der Waals surface area contributed by atoms with Crippen molar-refractivity contribution in [2.45, 2.75) is 40.8 Å². The molecule has 1 aliphatic heterocycles. The molecule has 2 aromatic heterocycles. The minimum absolute atomic E-state index is 0.0304. The molecule has 0 spiro atoms. The number of aromatic nitrogens is 4. The zero-order valence-corrected chi connectivity index (χ0v) is 33.0. The van der Waals surface area contributed by atoms with Crippen molar-refractivity contribution >= 4 is 22.9 Å². The normalized spacial score (nSPS) is 18.3. The number of aliphatic hydroxyl groups excluding tert-OH is 1. The number of hydrogen-bond acceptors (Lipinski definition) is 8. The summed E-state index contributed by atoms with van der Waals surface area (Å²) < 4.78 is 38.4. The Labute approximate surface area is 346 Å². The highest BCUT2D eigenvalue weighted by atomic mass is 32.2. The molecule has 0 radical (unpaired) electrons. The molecule has 0 saturated carbocycles. The number of halogens is 1. The molecule has 0 amide bonds. The first kappa shape index (κ1) is 38.5. The number of benzene rings is 6. The number of rotatable bonds is 13. The summed E-state index contributed by atoms with van der Waals surface area (Å²) in [4.78, 5) is 12.7. The highest BCUT2D eigenvalue weighted by molar-refractivity contribution is 7.98. The van der Waals surface area contributed by atoms with Crippen LogP contribution in [-0.2, 0) is 25.4 Å². The van der Waals surface area contributed by atoms with E-state index in [9.17, 15) is 9.50 Å². The van der Waals surface area contributed by atoms with E-state index in [2.05, 4.69) is 51.4 Å². The highest BCUT2D eigenvalue weighted by Crippen LogP contribution is 2.47. The average molecular weight is 801 g/mol. The molecule has 1 aliphatic rings. The summed E-state index contributed by atoms with van der Waals surface area (Å²) in [7, 11) is 0. The molecule has 6 aromatic carbocycles. The van der Waals surface area contributed by atoms with Crippen molar-refractivity contribution in [2.75, 3.05) is 12.9 Å². The fourth-order valence-electron chi connectivity index (χ4n) is 8.33. The van der Waals surface area contributed by atoms with Crippen LogP contribution in [0.2, 0.25) is 0 Å². The summed E-state index contributed by atoms with van der Waals surface area (Å²) in [6, 6.07) is 60.2. The number of ether oxygens (including phenoxy) is 3. The fraction of sp³-hybridized carbons (Fsp3) is 0.163. The maximum Gasteiger partial charge on any atom is 0.311 e. The molecule has 10 heteroatoms. The Hall–Kier alpha value is -6.01. The molecule has 1 N–H and O–H groups in total. The topological polar surface area (TPSA) is 91.5 Å². The standard InChI is InChI=1S/C49H41FN4O4S/c1-59-45-41-44(52-47(50)53-45)54(33-51-41)46-42(55)43(58-49(37-26-14-5-15-27-37,38-28-16-6-17-29-38)39-30-18-7-19-31-39)40(57-46)32-56-48(34-20-8-2-9-21-34,35-22-10-3-11-23-35)36-24-12-4-13-25-36/h2-31,33,40,42-43,46,55H,32H2,1H3/t40-,42-,43-,46-/m1/s1. The first-order valence-corrected chi connectivity index (χ1v) is 20.7. The van der Waals surface area contributed by atoms with Crippen LogP contribution in [0.15, 0.2) is 193 Å². The number of aliphatic hydroxyl groups is 1. The van der Waals surface area contributed by atoms with Gasteiger partial charge in [0.1, 0.15) is 40.1 Å². The van der Waals surface area contributed by atoms with Crippen LogP contribution in [0, 0.1) is 6.08 Å². The van der Waals surface area contributed by atoms with E-state index in [1.165, 1.54) is 18.1 Å². The van der Waals surface area contributed by atoms with Gasteiger partial charge >= 0.3 is 6.08 Å². The third-order valence-corrected chi connectivity index (χ3v) is 11.7. The molecule has 294 valence electrons. The minimum atomic E-state index is -1.31. The van der Waals surface area contributed by atoms with E-state index in [-0.39, 0.29) is 12.3 Å². The van der Waals surface area contributed by atoms with Gasteiger partial charge in [0, 0.05) is 0 Å². The molecule has 1 saturated heterocycles. The molecular weight excluding hydrogens is 760 g/mol. The van der Waals surface area contributed by atoms with Crippen molar-refractivity contribution < 1.29 is 23.7 Å². The van der Waals surface area contributed by atoms with Gasteiger partial charge in [-0.3, -0.25) is 4.57 Å².